The minimum absolute atomic E-state index is 0.354. The number of nitrogens with zero attached hydrogens (tertiary/aromatic N) is 2. The van der Waals surface area contributed by atoms with Gasteiger partial charge in [0.25, 0.3) is 0 Å². The lowest BCUT2D eigenvalue weighted by Crippen LogP contribution is -1.98. The molecule has 29 heavy (non-hydrogen) atoms. The molecule has 5 heteroatoms. The first-order valence-electron chi connectivity index (χ1n) is 9.65. The molecule has 0 aliphatic rings. The molecule has 0 unspecified atom stereocenters. The lowest BCUT2D eigenvalue weighted by molar-refractivity contribution is 0.130. The summed E-state index contributed by atoms with van der Waals surface area (Å²) in [7, 11) is 0. The second-order valence-electron chi connectivity index (χ2n) is 6.69. The fourth-order valence-electron chi connectivity index (χ4n) is 2.64. The topological polar surface area (TPSA) is 56.9 Å². The molecular weight excluding hydrogens is 364 g/mol. The zero-order chi connectivity index (χ0) is 20.5. The summed E-state index contributed by atoms with van der Waals surface area (Å²) in [6, 6.07) is 17.6. The molecule has 0 bridgehead atoms. The highest BCUT2D eigenvalue weighted by molar-refractivity contribution is 5.82. The number of aromatic nitrogens is 1. The molecular formula is C24H26N2O3. The Hall–Kier alpha value is -3.34. The molecule has 1 heterocycles. The van der Waals surface area contributed by atoms with Crippen molar-refractivity contribution in [2.75, 3.05) is 0 Å². The van der Waals surface area contributed by atoms with Crippen LogP contribution in [0.1, 0.15) is 37.3 Å². The van der Waals surface area contributed by atoms with Gasteiger partial charge in [-0.25, -0.2) is 4.98 Å². The number of oxime groups is 1. The highest BCUT2D eigenvalue weighted by Gasteiger charge is 2.11. The maximum Gasteiger partial charge on any atom is 0.226 e. The van der Waals surface area contributed by atoms with E-state index in [0.29, 0.717) is 19.1 Å². The minimum Gasteiger partial charge on any atom is -0.487 e. The van der Waals surface area contributed by atoms with E-state index in [1.807, 2.05) is 87.5 Å². The molecule has 0 spiro atoms. The van der Waals surface area contributed by atoms with Crippen LogP contribution >= 0.6 is 0 Å². The van der Waals surface area contributed by atoms with Gasteiger partial charge in [0.15, 0.2) is 0 Å². The number of ether oxygens (including phenoxy) is 1. The van der Waals surface area contributed by atoms with Crippen LogP contribution in [0.3, 0.4) is 0 Å². The number of hydrogen-bond donors (Lipinski definition) is 0. The van der Waals surface area contributed by atoms with Crippen LogP contribution in [-0.2, 0) is 18.1 Å². The van der Waals surface area contributed by atoms with Crippen LogP contribution in [0.15, 0.2) is 76.3 Å². The Labute approximate surface area is 171 Å². The van der Waals surface area contributed by atoms with Crippen LogP contribution in [0.4, 0.5) is 0 Å². The molecule has 3 rings (SSSR count). The van der Waals surface area contributed by atoms with Crippen LogP contribution in [0, 0.1) is 6.92 Å². The molecule has 3 aromatic rings. The molecule has 0 aliphatic heterocycles. The highest BCUT2D eigenvalue weighted by atomic mass is 16.6. The third-order valence-electron chi connectivity index (χ3n) is 4.31. The molecule has 0 amide bonds. The number of allylic oxidation sites excluding steroid dienone is 2. The van der Waals surface area contributed by atoms with E-state index in [0.717, 1.165) is 40.5 Å². The summed E-state index contributed by atoms with van der Waals surface area (Å²) in [5, 5.41) is 4.11. The van der Waals surface area contributed by atoms with Gasteiger partial charge in [-0.3, -0.25) is 0 Å². The molecule has 0 N–H and O–H groups in total. The van der Waals surface area contributed by atoms with Gasteiger partial charge in [0.1, 0.15) is 30.4 Å². The lowest BCUT2D eigenvalue weighted by Gasteiger charge is -2.06. The van der Waals surface area contributed by atoms with Crippen LogP contribution in [-0.4, -0.2) is 10.7 Å². The SMILES string of the molecule is CC=CCC(C)=NOCc1ccc(OCc2nc(-c3ccccc3)oc2C)cc1. The largest absolute Gasteiger partial charge is 0.487 e. The summed E-state index contributed by atoms with van der Waals surface area (Å²) >= 11 is 0. The zero-order valence-electron chi connectivity index (χ0n) is 17.1. The second-order valence-corrected chi connectivity index (χ2v) is 6.69. The van der Waals surface area contributed by atoms with Gasteiger partial charge in [0.05, 0.1) is 5.71 Å². The molecule has 2 aromatic carbocycles. The van der Waals surface area contributed by atoms with Crippen molar-refractivity contribution >= 4 is 5.71 Å². The quantitative estimate of drug-likeness (QED) is 0.252. The average Bonchev–Trinajstić information content (AvgIpc) is 3.13. The Morgan fingerprint density at radius 3 is 2.55 bits per heavy atom. The number of rotatable bonds is 9. The maximum atomic E-state index is 5.87. The van der Waals surface area contributed by atoms with Crippen molar-refractivity contribution in [3.05, 3.63) is 83.8 Å². The van der Waals surface area contributed by atoms with Crippen LogP contribution in [0.25, 0.3) is 11.5 Å². The van der Waals surface area contributed by atoms with Gasteiger partial charge in [0, 0.05) is 12.0 Å². The van der Waals surface area contributed by atoms with Gasteiger partial charge in [-0.2, -0.15) is 0 Å². The Balaban J connectivity index is 1.52. The number of benzene rings is 2. The summed E-state index contributed by atoms with van der Waals surface area (Å²) < 4.78 is 11.6. The van der Waals surface area contributed by atoms with Gasteiger partial charge in [-0.15, -0.1) is 0 Å². The molecule has 0 atom stereocenters. The predicted molar refractivity (Wildman–Crippen MR) is 115 cm³/mol. The average molecular weight is 390 g/mol. The highest BCUT2D eigenvalue weighted by Crippen LogP contribution is 2.22. The van der Waals surface area contributed by atoms with Crippen molar-refractivity contribution in [3.8, 4) is 17.2 Å². The van der Waals surface area contributed by atoms with E-state index in [2.05, 4.69) is 10.1 Å². The van der Waals surface area contributed by atoms with Crippen molar-refractivity contribution in [3.63, 3.8) is 0 Å². The van der Waals surface area contributed by atoms with Gasteiger partial charge < -0.3 is 14.0 Å². The molecule has 0 radical (unpaired) electrons. The first-order valence-corrected chi connectivity index (χ1v) is 9.65. The Bertz CT molecular complexity index is 958. The fraction of sp³-hybridized carbons (Fsp3) is 0.250. The van der Waals surface area contributed by atoms with Crippen molar-refractivity contribution in [1.82, 2.24) is 4.98 Å². The van der Waals surface area contributed by atoms with Crippen LogP contribution in [0.2, 0.25) is 0 Å². The Morgan fingerprint density at radius 2 is 1.83 bits per heavy atom. The number of hydrogen-bond acceptors (Lipinski definition) is 5. The van der Waals surface area contributed by atoms with E-state index in [1.54, 1.807) is 0 Å². The van der Waals surface area contributed by atoms with Crippen LogP contribution < -0.4 is 4.74 Å². The smallest absolute Gasteiger partial charge is 0.226 e. The fourth-order valence-corrected chi connectivity index (χ4v) is 2.64. The standard InChI is InChI=1S/C24H26N2O3/c1-4-5-9-18(2)26-28-16-20-12-14-22(15-13-20)27-17-23-19(3)29-24(25-23)21-10-7-6-8-11-21/h4-8,10-15H,9,16-17H2,1-3H3. The predicted octanol–water partition coefficient (Wildman–Crippen LogP) is 6.09. The molecule has 150 valence electrons. The summed E-state index contributed by atoms with van der Waals surface area (Å²) in [5.74, 6) is 2.14. The molecule has 0 saturated heterocycles. The van der Waals surface area contributed by atoms with E-state index in [9.17, 15) is 0 Å². The molecule has 0 aliphatic carbocycles. The Morgan fingerprint density at radius 1 is 1.07 bits per heavy atom. The maximum absolute atomic E-state index is 5.87. The van der Waals surface area contributed by atoms with Crippen LogP contribution in [0.5, 0.6) is 5.75 Å². The molecule has 1 aromatic heterocycles. The molecule has 5 nitrogen and oxygen atoms in total. The monoisotopic (exact) mass is 390 g/mol. The molecule has 0 fully saturated rings. The minimum atomic E-state index is 0.354. The van der Waals surface area contributed by atoms with Gasteiger partial charge in [-0.1, -0.05) is 47.6 Å². The van der Waals surface area contributed by atoms with Gasteiger partial charge in [-0.05, 0) is 50.6 Å². The summed E-state index contributed by atoms with van der Waals surface area (Å²) in [6.45, 7) is 6.62. The van der Waals surface area contributed by atoms with E-state index in [1.165, 1.54) is 0 Å². The van der Waals surface area contributed by atoms with Crippen molar-refractivity contribution in [2.45, 2.75) is 40.4 Å². The van der Waals surface area contributed by atoms with Gasteiger partial charge >= 0.3 is 0 Å². The summed E-state index contributed by atoms with van der Waals surface area (Å²) in [4.78, 5) is 9.96. The van der Waals surface area contributed by atoms with Crippen molar-refractivity contribution < 1.29 is 14.0 Å². The van der Waals surface area contributed by atoms with E-state index < -0.39 is 0 Å². The normalized spacial score (nSPS) is 11.8. The summed E-state index contributed by atoms with van der Waals surface area (Å²) in [5.41, 5.74) is 3.72. The third-order valence-corrected chi connectivity index (χ3v) is 4.31. The van der Waals surface area contributed by atoms with Crippen molar-refractivity contribution in [1.29, 1.82) is 0 Å². The van der Waals surface area contributed by atoms with Crippen molar-refractivity contribution in [2.24, 2.45) is 5.16 Å². The Kier molecular flexibility index (Phi) is 7.22. The van der Waals surface area contributed by atoms with E-state index in [4.69, 9.17) is 14.0 Å². The number of aryl methyl sites for hydroxylation is 1. The zero-order valence-corrected chi connectivity index (χ0v) is 17.1. The molecule has 0 saturated carbocycles. The second kappa shape index (κ2) is 10.3. The van der Waals surface area contributed by atoms with E-state index >= 15 is 0 Å². The van der Waals surface area contributed by atoms with E-state index in [-0.39, 0.29) is 0 Å². The lowest BCUT2D eigenvalue weighted by atomic mass is 10.2. The summed E-state index contributed by atoms with van der Waals surface area (Å²) in [6.07, 6.45) is 4.85. The first-order chi connectivity index (χ1) is 14.2. The third kappa shape index (κ3) is 6.07. The van der Waals surface area contributed by atoms with Gasteiger partial charge in [0.2, 0.25) is 5.89 Å². The first kappa shape index (κ1) is 20.4. The number of oxazole rings is 1.